The molecule has 2 aromatic rings. The Bertz CT molecular complexity index is 603. The van der Waals surface area contributed by atoms with Crippen LogP contribution >= 0.6 is 0 Å². The van der Waals surface area contributed by atoms with Crippen molar-refractivity contribution >= 4 is 6.29 Å². The van der Waals surface area contributed by atoms with Gasteiger partial charge in [-0.15, -0.1) is 0 Å². The summed E-state index contributed by atoms with van der Waals surface area (Å²) in [6.45, 7) is 0.921. The van der Waals surface area contributed by atoms with Gasteiger partial charge in [0.2, 0.25) is 11.9 Å². The van der Waals surface area contributed by atoms with Crippen molar-refractivity contribution in [2.24, 2.45) is 0 Å². The van der Waals surface area contributed by atoms with E-state index >= 15 is 0 Å². The molecule has 0 spiro atoms. The average Bonchev–Trinajstić information content (AvgIpc) is 3.18. The van der Waals surface area contributed by atoms with Crippen molar-refractivity contribution in [3.8, 4) is 0 Å². The third-order valence-corrected chi connectivity index (χ3v) is 2.63. The summed E-state index contributed by atoms with van der Waals surface area (Å²) in [6.07, 6.45) is 2.86. The minimum absolute atomic E-state index is 0.125. The van der Waals surface area contributed by atoms with Crippen LogP contribution in [0.25, 0.3) is 0 Å². The standard InChI is InChI=1S/C8H8FNO2.C6H4FNO.C2H6O2/c9-7-2-1-6(5-10-7)8-11-3-4-12-8;7-6-2-1-5(4-9)3-8-6;3-1-2-4/h1-2,5,8H,3-4H2;1-4H;3-4H,1-2H2. The third kappa shape index (κ3) is 8.36. The number of halogens is 2. The van der Waals surface area contributed by atoms with Gasteiger partial charge in [0, 0.05) is 23.5 Å². The van der Waals surface area contributed by atoms with Gasteiger partial charge in [0.05, 0.1) is 26.4 Å². The fraction of sp³-hybridized carbons (Fsp3) is 0.312. The van der Waals surface area contributed by atoms with Gasteiger partial charge in [-0.3, -0.25) is 4.79 Å². The molecule has 3 heterocycles. The molecule has 2 aromatic heterocycles. The maximum atomic E-state index is 12.4. The van der Waals surface area contributed by atoms with Gasteiger partial charge in [-0.1, -0.05) is 0 Å². The van der Waals surface area contributed by atoms with Gasteiger partial charge in [0.15, 0.2) is 12.6 Å². The second-order valence-electron chi connectivity index (χ2n) is 4.47. The molecular formula is C16H18F2N2O5. The van der Waals surface area contributed by atoms with E-state index in [4.69, 9.17) is 19.7 Å². The van der Waals surface area contributed by atoms with Crippen LogP contribution in [0.1, 0.15) is 22.2 Å². The number of hydrogen-bond acceptors (Lipinski definition) is 7. The minimum atomic E-state index is -0.569. The van der Waals surface area contributed by atoms with E-state index < -0.39 is 11.9 Å². The van der Waals surface area contributed by atoms with Crippen LogP contribution in [0.5, 0.6) is 0 Å². The summed E-state index contributed by atoms with van der Waals surface area (Å²) < 4.78 is 34.8. The van der Waals surface area contributed by atoms with Gasteiger partial charge < -0.3 is 19.7 Å². The molecule has 3 rings (SSSR count). The summed E-state index contributed by atoms with van der Waals surface area (Å²) in [5.41, 5.74) is 1.14. The van der Waals surface area contributed by atoms with Crippen LogP contribution in [0.4, 0.5) is 8.78 Å². The zero-order chi connectivity index (χ0) is 18.5. The fourth-order valence-corrected chi connectivity index (χ4v) is 1.53. The first-order valence-corrected chi connectivity index (χ1v) is 7.23. The zero-order valence-corrected chi connectivity index (χ0v) is 13.2. The summed E-state index contributed by atoms with van der Waals surface area (Å²) in [4.78, 5) is 16.7. The molecule has 0 amide bonds. The normalized spacial score (nSPS) is 13.3. The number of nitrogens with zero attached hydrogens (tertiary/aromatic N) is 2. The lowest BCUT2D eigenvalue weighted by molar-refractivity contribution is -0.0444. The highest BCUT2D eigenvalue weighted by molar-refractivity contribution is 5.73. The van der Waals surface area contributed by atoms with E-state index in [2.05, 4.69) is 9.97 Å². The molecule has 2 N–H and O–H groups in total. The average molecular weight is 356 g/mol. The quantitative estimate of drug-likeness (QED) is 0.631. The zero-order valence-electron chi connectivity index (χ0n) is 13.2. The molecule has 7 nitrogen and oxygen atoms in total. The molecular weight excluding hydrogens is 338 g/mol. The molecule has 0 radical (unpaired) electrons. The highest BCUT2D eigenvalue weighted by Gasteiger charge is 2.18. The van der Waals surface area contributed by atoms with Crippen LogP contribution in [-0.2, 0) is 9.47 Å². The number of ether oxygens (including phenoxy) is 2. The summed E-state index contributed by atoms with van der Waals surface area (Å²) in [6, 6.07) is 5.41. The number of aliphatic hydroxyl groups is 2. The van der Waals surface area contributed by atoms with Gasteiger partial charge in [-0.05, 0) is 24.3 Å². The second kappa shape index (κ2) is 12.1. The summed E-state index contributed by atoms with van der Waals surface area (Å²) in [5.74, 6) is -1.06. The molecule has 1 saturated heterocycles. The highest BCUT2D eigenvalue weighted by atomic mass is 19.1. The molecule has 1 fully saturated rings. The van der Waals surface area contributed by atoms with Gasteiger partial charge in [-0.25, -0.2) is 9.97 Å². The van der Waals surface area contributed by atoms with Gasteiger partial charge >= 0.3 is 0 Å². The van der Waals surface area contributed by atoms with Crippen LogP contribution in [0.15, 0.2) is 36.7 Å². The Morgan fingerprint density at radius 3 is 1.96 bits per heavy atom. The Morgan fingerprint density at radius 2 is 1.56 bits per heavy atom. The molecule has 1 aliphatic rings. The first-order valence-electron chi connectivity index (χ1n) is 7.23. The molecule has 25 heavy (non-hydrogen) atoms. The SMILES string of the molecule is Fc1ccc(C2OCCO2)cn1.O=Cc1ccc(F)nc1.OCCO. The van der Waals surface area contributed by atoms with E-state index in [-0.39, 0.29) is 19.5 Å². The Hall–Kier alpha value is -2.33. The number of aldehydes is 1. The van der Waals surface area contributed by atoms with E-state index in [1.54, 1.807) is 6.07 Å². The molecule has 0 aromatic carbocycles. The van der Waals surface area contributed by atoms with Crippen molar-refractivity contribution in [1.29, 1.82) is 0 Å². The number of pyridine rings is 2. The first-order chi connectivity index (χ1) is 12.1. The number of carbonyl (C=O) groups excluding carboxylic acids is 1. The molecule has 0 unspecified atom stereocenters. The summed E-state index contributed by atoms with van der Waals surface area (Å²) in [7, 11) is 0. The van der Waals surface area contributed by atoms with Crippen LogP contribution in [0.3, 0.4) is 0 Å². The molecule has 0 saturated carbocycles. The Kier molecular flexibility index (Phi) is 10.0. The van der Waals surface area contributed by atoms with E-state index in [9.17, 15) is 13.6 Å². The second-order valence-corrected chi connectivity index (χ2v) is 4.47. The lowest BCUT2D eigenvalue weighted by Gasteiger charge is -2.07. The Labute approximate surface area is 142 Å². The van der Waals surface area contributed by atoms with Crippen LogP contribution in [0.2, 0.25) is 0 Å². The van der Waals surface area contributed by atoms with Gasteiger partial charge in [0.1, 0.15) is 0 Å². The van der Waals surface area contributed by atoms with E-state index in [1.165, 1.54) is 24.5 Å². The van der Waals surface area contributed by atoms with Crippen molar-refractivity contribution in [2.75, 3.05) is 26.4 Å². The number of rotatable bonds is 3. The van der Waals surface area contributed by atoms with Crippen molar-refractivity contribution < 1.29 is 33.3 Å². The maximum absolute atomic E-state index is 12.4. The van der Waals surface area contributed by atoms with E-state index in [0.717, 1.165) is 11.6 Å². The highest BCUT2D eigenvalue weighted by Crippen LogP contribution is 2.21. The third-order valence-electron chi connectivity index (χ3n) is 2.63. The van der Waals surface area contributed by atoms with Crippen molar-refractivity contribution in [3.05, 3.63) is 59.7 Å². The molecule has 9 heteroatoms. The number of hydrogen-bond donors (Lipinski definition) is 2. The molecule has 0 atom stereocenters. The Balaban J connectivity index is 0.000000213. The van der Waals surface area contributed by atoms with Crippen LogP contribution < -0.4 is 0 Å². The lowest BCUT2D eigenvalue weighted by atomic mass is 10.3. The first kappa shape index (κ1) is 20.7. The topological polar surface area (TPSA) is 102 Å². The van der Waals surface area contributed by atoms with Gasteiger partial charge in [0.25, 0.3) is 0 Å². The summed E-state index contributed by atoms with van der Waals surface area (Å²) in [5, 5.41) is 15.2. The number of carbonyl (C=O) groups is 1. The van der Waals surface area contributed by atoms with Crippen LogP contribution in [-0.4, -0.2) is 52.9 Å². The molecule has 1 aliphatic heterocycles. The van der Waals surface area contributed by atoms with Crippen LogP contribution in [0, 0.1) is 11.9 Å². The largest absolute Gasteiger partial charge is 0.394 e. The predicted molar refractivity (Wildman–Crippen MR) is 82.6 cm³/mol. The number of aromatic nitrogens is 2. The molecule has 136 valence electrons. The summed E-state index contributed by atoms with van der Waals surface area (Å²) >= 11 is 0. The maximum Gasteiger partial charge on any atom is 0.212 e. The van der Waals surface area contributed by atoms with Crippen molar-refractivity contribution in [3.63, 3.8) is 0 Å². The number of aliphatic hydroxyl groups excluding tert-OH is 2. The predicted octanol–water partition coefficient (Wildman–Crippen LogP) is 1.27. The minimum Gasteiger partial charge on any atom is -0.394 e. The Morgan fingerprint density at radius 1 is 1.00 bits per heavy atom. The van der Waals surface area contributed by atoms with Crippen molar-refractivity contribution in [1.82, 2.24) is 9.97 Å². The molecule has 0 bridgehead atoms. The molecule has 0 aliphatic carbocycles. The monoisotopic (exact) mass is 356 g/mol. The lowest BCUT2D eigenvalue weighted by Crippen LogP contribution is -1.98. The van der Waals surface area contributed by atoms with Gasteiger partial charge in [-0.2, -0.15) is 8.78 Å². The van der Waals surface area contributed by atoms with E-state index in [1.807, 2.05) is 0 Å². The fourth-order valence-electron chi connectivity index (χ4n) is 1.53. The smallest absolute Gasteiger partial charge is 0.212 e. The van der Waals surface area contributed by atoms with Crippen molar-refractivity contribution in [2.45, 2.75) is 6.29 Å². The van der Waals surface area contributed by atoms with E-state index in [0.29, 0.717) is 25.1 Å².